The third kappa shape index (κ3) is 3.09. The van der Waals surface area contributed by atoms with Gasteiger partial charge in [-0.3, -0.25) is 9.19 Å². The number of anilines is 1. The Hall–Kier alpha value is -1.39. The van der Waals surface area contributed by atoms with Crippen molar-refractivity contribution in [2.75, 3.05) is 12.4 Å². The number of benzene rings is 1. The predicted octanol–water partition coefficient (Wildman–Crippen LogP) is 3.08. The molecule has 1 aromatic heterocycles. The van der Waals surface area contributed by atoms with E-state index in [0.29, 0.717) is 15.7 Å². The van der Waals surface area contributed by atoms with Gasteiger partial charge < -0.3 is 5.32 Å². The predicted molar refractivity (Wildman–Crippen MR) is 75.3 cm³/mol. The second-order valence-corrected chi connectivity index (χ2v) is 5.53. The van der Waals surface area contributed by atoms with Crippen molar-refractivity contribution in [3.63, 3.8) is 0 Å². The molecule has 1 heterocycles. The van der Waals surface area contributed by atoms with Gasteiger partial charge in [0.25, 0.3) is 0 Å². The first-order chi connectivity index (χ1) is 8.70. The van der Waals surface area contributed by atoms with Crippen LogP contribution in [0.4, 0.5) is 5.69 Å². The molecule has 0 saturated carbocycles. The van der Waals surface area contributed by atoms with Gasteiger partial charge in [-0.1, -0.05) is 17.7 Å². The van der Waals surface area contributed by atoms with Crippen LogP contribution in [0.1, 0.15) is 5.69 Å². The summed E-state index contributed by atoms with van der Waals surface area (Å²) < 4.78 is 12.2. The van der Waals surface area contributed by atoms with Gasteiger partial charge in [0.1, 0.15) is 0 Å². The van der Waals surface area contributed by atoms with Crippen molar-refractivity contribution in [2.45, 2.75) is 10.6 Å². The van der Waals surface area contributed by atoms with Crippen LogP contribution in [0, 0.1) is 0 Å². The topological polar surface area (TPSA) is 42.0 Å². The van der Waals surface area contributed by atoms with Crippen LogP contribution in [0.5, 0.6) is 0 Å². The highest BCUT2D eigenvalue weighted by Gasteiger charge is 2.10. The van der Waals surface area contributed by atoms with E-state index in [0.717, 1.165) is 11.4 Å². The second-order valence-electron chi connectivity index (χ2n) is 3.71. The molecule has 0 fully saturated rings. The summed E-state index contributed by atoms with van der Waals surface area (Å²) in [5.74, 6) is 0.374. The molecule has 2 aromatic rings. The molecule has 0 aliphatic rings. The maximum Gasteiger partial charge on any atom is 0.0706 e. The number of aromatic nitrogens is 1. The van der Waals surface area contributed by atoms with Crippen LogP contribution in [0.15, 0.2) is 47.5 Å². The third-order valence-corrected chi connectivity index (χ3v) is 4.30. The molecule has 1 unspecified atom stereocenters. The number of nitrogens with zero attached hydrogens (tertiary/aromatic N) is 1. The van der Waals surface area contributed by atoms with Gasteiger partial charge in [0.15, 0.2) is 0 Å². The van der Waals surface area contributed by atoms with E-state index in [1.807, 2.05) is 31.3 Å². The molecule has 1 N–H and O–H groups in total. The maximum atomic E-state index is 12.2. The van der Waals surface area contributed by atoms with Crippen molar-refractivity contribution in [1.82, 2.24) is 4.98 Å². The highest BCUT2D eigenvalue weighted by Crippen LogP contribution is 2.24. The SMILES string of the molecule is CNc1ccc(S(=O)Cc2ccccn2)c(Cl)c1. The molecule has 0 amide bonds. The normalized spacial score (nSPS) is 12.1. The summed E-state index contributed by atoms with van der Waals surface area (Å²) in [5, 5.41) is 3.50. The number of pyridine rings is 1. The van der Waals surface area contributed by atoms with Gasteiger partial charge in [0.2, 0.25) is 0 Å². The molecule has 94 valence electrons. The van der Waals surface area contributed by atoms with Crippen LogP contribution in [-0.4, -0.2) is 16.2 Å². The minimum Gasteiger partial charge on any atom is -0.388 e. The number of halogens is 1. The molecule has 0 aliphatic heterocycles. The highest BCUT2D eigenvalue weighted by atomic mass is 35.5. The quantitative estimate of drug-likeness (QED) is 0.936. The van der Waals surface area contributed by atoms with Crippen molar-refractivity contribution < 1.29 is 4.21 Å². The van der Waals surface area contributed by atoms with E-state index in [1.165, 1.54) is 0 Å². The van der Waals surface area contributed by atoms with E-state index in [1.54, 1.807) is 18.3 Å². The Balaban J connectivity index is 2.19. The molecular weight excluding hydrogens is 268 g/mol. The average Bonchev–Trinajstić information content (AvgIpc) is 2.39. The zero-order valence-electron chi connectivity index (χ0n) is 9.89. The van der Waals surface area contributed by atoms with E-state index in [4.69, 9.17) is 11.6 Å². The van der Waals surface area contributed by atoms with E-state index in [9.17, 15) is 4.21 Å². The van der Waals surface area contributed by atoms with Gasteiger partial charge in [-0.15, -0.1) is 0 Å². The van der Waals surface area contributed by atoms with E-state index < -0.39 is 10.8 Å². The molecule has 0 aliphatic carbocycles. The van der Waals surface area contributed by atoms with E-state index >= 15 is 0 Å². The first kappa shape index (κ1) is 13.1. The minimum absolute atomic E-state index is 0.374. The molecule has 5 heteroatoms. The second kappa shape index (κ2) is 5.98. The van der Waals surface area contributed by atoms with Gasteiger partial charge in [-0.05, 0) is 30.3 Å². The number of rotatable bonds is 4. The molecule has 0 spiro atoms. The molecule has 18 heavy (non-hydrogen) atoms. The van der Waals surface area contributed by atoms with Gasteiger partial charge in [0.05, 0.1) is 32.2 Å². The van der Waals surface area contributed by atoms with Crippen LogP contribution in [0.2, 0.25) is 5.02 Å². The summed E-state index contributed by atoms with van der Waals surface area (Å²) >= 11 is 6.12. The van der Waals surface area contributed by atoms with E-state index in [-0.39, 0.29) is 0 Å². The largest absolute Gasteiger partial charge is 0.388 e. The minimum atomic E-state index is -1.18. The number of hydrogen-bond acceptors (Lipinski definition) is 3. The molecule has 2 rings (SSSR count). The summed E-state index contributed by atoms with van der Waals surface area (Å²) in [6, 6.07) is 11.0. The summed E-state index contributed by atoms with van der Waals surface area (Å²) in [6.07, 6.45) is 1.69. The first-order valence-electron chi connectivity index (χ1n) is 5.46. The lowest BCUT2D eigenvalue weighted by Crippen LogP contribution is -1.99. The summed E-state index contributed by atoms with van der Waals surface area (Å²) in [5.41, 5.74) is 1.70. The lowest BCUT2D eigenvalue weighted by Gasteiger charge is -2.06. The Morgan fingerprint density at radius 2 is 2.17 bits per heavy atom. The Morgan fingerprint density at radius 3 is 2.78 bits per heavy atom. The number of hydrogen-bond donors (Lipinski definition) is 1. The molecule has 3 nitrogen and oxygen atoms in total. The fourth-order valence-electron chi connectivity index (χ4n) is 1.54. The first-order valence-corrected chi connectivity index (χ1v) is 7.16. The van der Waals surface area contributed by atoms with Crippen LogP contribution in [0.3, 0.4) is 0 Å². The fraction of sp³-hybridized carbons (Fsp3) is 0.154. The maximum absolute atomic E-state index is 12.2. The molecule has 0 bridgehead atoms. The Kier molecular flexibility index (Phi) is 4.33. The average molecular weight is 281 g/mol. The van der Waals surface area contributed by atoms with E-state index in [2.05, 4.69) is 10.3 Å². The Bertz CT molecular complexity index is 560. The zero-order valence-corrected chi connectivity index (χ0v) is 11.5. The highest BCUT2D eigenvalue weighted by molar-refractivity contribution is 7.84. The monoisotopic (exact) mass is 280 g/mol. The molecule has 0 radical (unpaired) electrons. The van der Waals surface area contributed by atoms with Gasteiger partial charge in [0, 0.05) is 18.9 Å². The zero-order chi connectivity index (χ0) is 13.0. The number of nitrogens with one attached hydrogen (secondary N) is 1. The third-order valence-electron chi connectivity index (χ3n) is 2.47. The fourth-order valence-corrected chi connectivity index (χ4v) is 3.07. The van der Waals surface area contributed by atoms with Gasteiger partial charge in [-0.25, -0.2) is 0 Å². The van der Waals surface area contributed by atoms with Crippen molar-refractivity contribution >= 4 is 28.1 Å². The van der Waals surface area contributed by atoms with Crippen molar-refractivity contribution in [3.05, 3.63) is 53.3 Å². The van der Waals surface area contributed by atoms with Crippen molar-refractivity contribution in [1.29, 1.82) is 0 Å². The van der Waals surface area contributed by atoms with Crippen LogP contribution in [0.25, 0.3) is 0 Å². The Labute approximate surface area is 114 Å². The summed E-state index contributed by atoms with van der Waals surface area (Å²) in [7, 11) is 0.637. The summed E-state index contributed by atoms with van der Waals surface area (Å²) in [6.45, 7) is 0. The van der Waals surface area contributed by atoms with Crippen LogP contribution in [-0.2, 0) is 16.6 Å². The molecular formula is C13H13ClN2OS. The van der Waals surface area contributed by atoms with Crippen LogP contribution >= 0.6 is 11.6 Å². The van der Waals surface area contributed by atoms with Crippen molar-refractivity contribution in [2.24, 2.45) is 0 Å². The standard InChI is InChI=1S/C13H13ClN2OS/c1-15-10-5-6-13(12(14)8-10)18(17)9-11-4-2-3-7-16-11/h2-8,15H,9H2,1H3. The molecule has 0 saturated heterocycles. The Morgan fingerprint density at radius 1 is 1.33 bits per heavy atom. The van der Waals surface area contributed by atoms with Gasteiger partial charge in [-0.2, -0.15) is 0 Å². The van der Waals surface area contributed by atoms with Crippen molar-refractivity contribution in [3.8, 4) is 0 Å². The van der Waals surface area contributed by atoms with Gasteiger partial charge >= 0.3 is 0 Å². The lowest BCUT2D eigenvalue weighted by molar-refractivity contribution is 0.682. The molecule has 1 atom stereocenters. The summed E-state index contributed by atoms with van der Waals surface area (Å²) in [4.78, 5) is 4.80. The molecule has 1 aromatic carbocycles. The smallest absolute Gasteiger partial charge is 0.0706 e. The van der Waals surface area contributed by atoms with Crippen LogP contribution < -0.4 is 5.32 Å². The lowest BCUT2D eigenvalue weighted by atomic mass is 10.3.